The van der Waals surface area contributed by atoms with Crippen molar-refractivity contribution in [1.82, 2.24) is 0 Å². The van der Waals surface area contributed by atoms with Crippen LogP contribution >= 0.6 is 0 Å². The monoisotopic (exact) mass is 288 g/mol. The first kappa shape index (κ1) is 18.7. The van der Waals surface area contributed by atoms with Gasteiger partial charge >= 0.3 is 5.97 Å². The molecule has 0 aromatic heterocycles. The Morgan fingerprint density at radius 2 is 1.81 bits per heavy atom. The molecule has 114 valence electrons. The summed E-state index contributed by atoms with van der Waals surface area (Å²) in [4.78, 5) is 9.60. The van der Waals surface area contributed by atoms with Crippen LogP contribution in [0.5, 0.6) is 5.75 Å². The lowest BCUT2D eigenvalue weighted by Crippen LogP contribution is -1.92. The number of hydrogen-bond acceptors (Lipinski definition) is 2. The minimum Gasteiger partial charge on any atom is -0.508 e. The van der Waals surface area contributed by atoms with E-state index >= 15 is 0 Å². The number of carboxylic acid groups (broad SMARTS) is 1. The molecule has 3 nitrogen and oxygen atoms in total. The van der Waals surface area contributed by atoms with E-state index in [1.807, 2.05) is 12.1 Å². The lowest BCUT2D eigenvalue weighted by atomic mass is 10.2. The molecule has 0 atom stereocenters. The van der Waals surface area contributed by atoms with Gasteiger partial charge in [0.15, 0.2) is 0 Å². The Kier molecular flexibility index (Phi) is 9.35. The highest BCUT2D eigenvalue weighted by molar-refractivity contribution is 5.84. The summed E-state index contributed by atoms with van der Waals surface area (Å²) in [6, 6.07) is 6.89. The SMILES string of the molecule is C=C(C)C(=O)O.C=Cc1ccc(O)cc1.CC1=CCCC1. The van der Waals surface area contributed by atoms with Gasteiger partial charge in [0.05, 0.1) is 0 Å². The van der Waals surface area contributed by atoms with Crippen LogP contribution in [0.3, 0.4) is 0 Å². The zero-order valence-corrected chi connectivity index (χ0v) is 12.8. The van der Waals surface area contributed by atoms with Crippen LogP contribution < -0.4 is 0 Å². The van der Waals surface area contributed by atoms with Gasteiger partial charge in [-0.1, -0.05) is 43.0 Å². The number of aliphatic carboxylic acids is 1. The van der Waals surface area contributed by atoms with Crippen molar-refractivity contribution < 1.29 is 15.0 Å². The van der Waals surface area contributed by atoms with Crippen molar-refractivity contribution in [3.63, 3.8) is 0 Å². The molecule has 1 aliphatic rings. The summed E-state index contributed by atoms with van der Waals surface area (Å²) >= 11 is 0. The topological polar surface area (TPSA) is 57.5 Å². The zero-order valence-electron chi connectivity index (χ0n) is 12.8. The van der Waals surface area contributed by atoms with Crippen molar-refractivity contribution in [2.45, 2.75) is 33.1 Å². The van der Waals surface area contributed by atoms with Crippen molar-refractivity contribution in [3.8, 4) is 5.75 Å². The van der Waals surface area contributed by atoms with Gasteiger partial charge in [-0.3, -0.25) is 0 Å². The van der Waals surface area contributed by atoms with Gasteiger partial charge in [-0.15, -0.1) is 0 Å². The molecule has 0 heterocycles. The third-order valence-electron chi connectivity index (χ3n) is 2.76. The first-order valence-electron chi connectivity index (χ1n) is 6.82. The van der Waals surface area contributed by atoms with Crippen LogP contribution in [-0.4, -0.2) is 16.2 Å². The maximum absolute atomic E-state index is 9.60. The van der Waals surface area contributed by atoms with Crippen LogP contribution in [0.15, 0.2) is 54.6 Å². The highest BCUT2D eigenvalue weighted by Gasteiger charge is 1.95. The second-order valence-corrected chi connectivity index (χ2v) is 4.82. The van der Waals surface area contributed by atoms with Crippen molar-refractivity contribution in [2.24, 2.45) is 0 Å². The highest BCUT2D eigenvalue weighted by atomic mass is 16.4. The molecule has 0 amide bonds. The molecule has 21 heavy (non-hydrogen) atoms. The molecular formula is C18H24O3. The summed E-state index contributed by atoms with van der Waals surface area (Å²) in [5.41, 5.74) is 2.78. The van der Waals surface area contributed by atoms with E-state index in [0.29, 0.717) is 5.75 Å². The Labute approximate surface area is 126 Å². The zero-order chi connectivity index (χ0) is 16.3. The first-order chi connectivity index (χ1) is 9.86. The van der Waals surface area contributed by atoms with Crippen molar-refractivity contribution in [2.75, 3.05) is 0 Å². The average Bonchev–Trinajstić information content (AvgIpc) is 2.92. The normalized spacial score (nSPS) is 12.0. The maximum Gasteiger partial charge on any atom is 0.330 e. The number of hydrogen-bond donors (Lipinski definition) is 2. The summed E-state index contributed by atoms with van der Waals surface area (Å²) in [6.45, 7) is 10.4. The molecule has 1 aromatic rings. The molecule has 0 spiro atoms. The molecule has 1 aromatic carbocycles. The second-order valence-electron chi connectivity index (χ2n) is 4.82. The predicted octanol–water partition coefficient (Wildman–Crippen LogP) is 4.80. The van der Waals surface area contributed by atoms with Gasteiger partial charge in [-0.25, -0.2) is 4.79 Å². The van der Waals surface area contributed by atoms with Crippen LogP contribution in [0.1, 0.15) is 38.7 Å². The van der Waals surface area contributed by atoms with E-state index < -0.39 is 5.97 Å². The van der Waals surface area contributed by atoms with E-state index in [9.17, 15) is 4.79 Å². The Morgan fingerprint density at radius 1 is 1.29 bits per heavy atom. The lowest BCUT2D eigenvalue weighted by Gasteiger charge is -1.90. The van der Waals surface area contributed by atoms with Crippen LogP contribution in [0, 0.1) is 0 Å². The average molecular weight is 288 g/mol. The Morgan fingerprint density at radius 3 is 2.05 bits per heavy atom. The number of rotatable bonds is 2. The van der Waals surface area contributed by atoms with Gasteiger partial charge in [0.2, 0.25) is 0 Å². The molecule has 2 rings (SSSR count). The number of phenols is 1. The molecular weight excluding hydrogens is 264 g/mol. The molecule has 0 bridgehead atoms. The van der Waals surface area contributed by atoms with Crippen LogP contribution in [-0.2, 0) is 4.79 Å². The number of benzene rings is 1. The van der Waals surface area contributed by atoms with Crippen LogP contribution in [0.25, 0.3) is 6.08 Å². The standard InChI is InChI=1S/C8H8O.C6H10.C4H6O2/c1-2-7-3-5-8(9)6-4-7;1-6-4-2-3-5-6;1-3(2)4(5)6/h2-6,9H,1H2;4H,2-3,5H2,1H3;1H2,2H3,(H,5,6). The van der Waals surface area contributed by atoms with E-state index in [1.54, 1.807) is 23.8 Å². The number of allylic oxidation sites excluding steroid dienone is 2. The molecule has 0 radical (unpaired) electrons. The largest absolute Gasteiger partial charge is 0.508 e. The number of aromatic hydroxyl groups is 1. The number of phenolic OH excluding ortho intramolecular Hbond substituents is 1. The summed E-state index contributed by atoms with van der Waals surface area (Å²) in [5, 5.41) is 16.7. The minimum absolute atomic E-state index is 0.176. The van der Waals surface area contributed by atoms with E-state index in [-0.39, 0.29) is 5.57 Å². The molecule has 1 aliphatic carbocycles. The smallest absolute Gasteiger partial charge is 0.330 e. The van der Waals surface area contributed by atoms with E-state index in [4.69, 9.17) is 10.2 Å². The summed E-state index contributed by atoms with van der Waals surface area (Å²) < 4.78 is 0. The van der Waals surface area contributed by atoms with Gasteiger partial charge in [0.25, 0.3) is 0 Å². The minimum atomic E-state index is -0.935. The number of carbonyl (C=O) groups is 1. The van der Waals surface area contributed by atoms with Gasteiger partial charge in [0.1, 0.15) is 5.75 Å². The van der Waals surface area contributed by atoms with Crippen LogP contribution in [0.2, 0.25) is 0 Å². The predicted molar refractivity (Wildman–Crippen MR) is 88.3 cm³/mol. The summed E-state index contributed by atoms with van der Waals surface area (Å²) in [5.74, 6) is -0.643. The Bertz CT molecular complexity index is 484. The fraction of sp³-hybridized carbons (Fsp3) is 0.278. The van der Waals surface area contributed by atoms with Gasteiger partial charge in [-0.05, 0) is 50.8 Å². The Balaban J connectivity index is 0.000000297. The third kappa shape index (κ3) is 10.2. The Hall–Kier alpha value is -2.29. The van der Waals surface area contributed by atoms with Crippen molar-refractivity contribution in [3.05, 3.63) is 60.2 Å². The van der Waals surface area contributed by atoms with Gasteiger partial charge in [0, 0.05) is 5.57 Å². The van der Waals surface area contributed by atoms with E-state index in [1.165, 1.54) is 26.2 Å². The fourth-order valence-corrected chi connectivity index (χ4v) is 1.44. The molecule has 0 fully saturated rings. The van der Waals surface area contributed by atoms with Crippen LogP contribution in [0.4, 0.5) is 0 Å². The van der Waals surface area contributed by atoms with Gasteiger partial charge < -0.3 is 10.2 Å². The molecule has 2 N–H and O–H groups in total. The quantitative estimate of drug-likeness (QED) is 0.607. The summed E-state index contributed by atoms with van der Waals surface area (Å²) in [6.07, 6.45) is 8.12. The molecule has 0 saturated heterocycles. The number of carboxylic acids is 1. The maximum atomic E-state index is 9.60. The fourth-order valence-electron chi connectivity index (χ4n) is 1.44. The molecule has 0 saturated carbocycles. The van der Waals surface area contributed by atoms with E-state index in [2.05, 4.69) is 26.2 Å². The molecule has 0 unspecified atom stereocenters. The summed E-state index contributed by atoms with van der Waals surface area (Å²) in [7, 11) is 0. The van der Waals surface area contributed by atoms with Gasteiger partial charge in [-0.2, -0.15) is 0 Å². The second kappa shape index (κ2) is 10.5. The third-order valence-corrected chi connectivity index (χ3v) is 2.76. The van der Waals surface area contributed by atoms with Crippen molar-refractivity contribution in [1.29, 1.82) is 0 Å². The highest BCUT2D eigenvalue weighted by Crippen LogP contribution is 2.15. The molecule has 3 heteroatoms. The van der Waals surface area contributed by atoms with E-state index in [0.717, 1.165) is 5.56 Å². The van der Waals surface area contributed by atoms with Crippen molar-refractivity contribution >= 4 is 12.0 Å². The molecule has 0 aliphatic heterocycles. The first-order valence-corrected chi connectivity index (χ1v) is 6.82. The lowest BCUT2D eigenvalue weighted by molar-refractivity contribution is -0.132.